The molecule has 0 saturated carbocycles. The number of hydrogen-bond donors (Lipinski definition) is 0. The van der Waals surface area contributed by atoms with E-state index in [0.717, 1.165) is 17.1 Å². The van der Waals surface area contributed by atoms with Crippen LogP contribution in [0.5, 0.6) is 0 Å². The van der Waals surface area contributed by atoms with Gasteiger partial charge >= 0.3 is 0 Å². The Morgan fingerprint density at radius 3 is 2.39 bits per heavy atom. The van der Waals surface area contributed by atoms with Crippen molar-refractivity contribution in [3.8, 4) is 11.3 Å². The fraction of sp³-hybridized carbons (Fsp3) is 0.200. The van der Waals surface area contributed by atoms with Crippen LogP contribution in [0.1, 0.15) is 10.4 Å². The molecule has 0 spiro atoms. The molecule has 1 fully saturated rings. The van der Waals surface area contributed by atoms with Crippen LogP contribution in [0.2, 0.25) is 10.0 Å². The molecule has 0 bridgehead atoms. The summed E-state index contributed by atoms with van der Waals surface area (Å²) in [5.74, 6) is 0.755. The molecule has 0 aliphatic carbocycles. The maximum atomic E-state index is 12.7. The summed E-state index contributed by atoms with van der Waals surface area (Å²) in [6, 6.07) is 12.7. The third kappa shape index (κ3) is 3.93. The van der Waals surface area contributed by atoms with Crippen molar-refractivity contribution in [3.63, 3.8) is 0 Å². The number of halogens is 2. The normalized spacial score (nSPS) is 14.2. The van der Waals surface area contributed by atoms with Crippen LogP contribution in [0.3, 0.4) is 0 Å². The molecule has 3 aromatic rings. The molecule has 28 heavy (non-hydrogen) atoms. The average molecular weight is 414 g/mol. The van der Waals surface area contributed by atoms with E-state index in [1.807, 2.05) is 29.2 Å². The molecule has 1 aromatic carbocycles. The van der Waals surface area contributed by atoms with Gasteiger partial charge in [0.05, 0.1) is 15.7 Å². The first kappa shape index (κ1) is 18.7. The Bertz CT molecular complexity index is 974. The predicted octanol–water partition coefficient (Wildman–Crippen LogP) is 3.81. The number of piperazine rings is 1. The molecule has 0 N–H and O–H groups in total. The minimum atomic E-state index is -0.0452. The number of carbonyl (C=O) groups is 1. The van der Waals surface area contributed by atoms with E-state index >= 15 is 0 Å². The van der Waals surface area contributed by atoms with Crippen molar-refractivity contribution in [2.75, 3.05) is 31.1 Å². The van der Waals surface area contributed by atoms with Crippen LogP contribution in [0.15, 0.2) is 54.9 Å². The number of rotatable bonds is 3. The third-order valence-electron chi connectivity index (χ3n) is 4.67. The third-order valence-corrected chi connectivity index (χ3v) is 5.40. The van der Waals surface area contributed by atoms with Gasteiger partial charge in [-0.2, -0.15) is 0 Å². The topological polar surface area (TPSA) is 62.2 Å². The van der Waals surface area contributed by atoms with Crippen LogP contribution in [-0.4, -0.2) is 52.2 Å². The second kappa shape index (κ2) is 8.12. The van der Waals surface area contributed by atoms with Gasteiger partial charge in [0.2, 0.25) is 0 Å². The average Bonchev–Trinajstić information content (AvgIpc) is 2.76. The highest BCUT2D eigenvalue weighted by Gasteiger charge is 2.23. The molecule has 2 aromatic heterocycles. The monoisotopic (exact) mass is 413 g/mol. The zero-order chi connectivity index (χ0) is 19.5. The van der Waals surface area contributed by atoms with Gasteiger partial charge in [0, 0.05) is 49.7 Å². The molecule has 0 radical (unpaired) electrons. The zero-order valence-electron chi connectivity index (χ0n) is 14.9. The molecule has 142 valence electrons. The van der Waals surface area contributed by atoms with Crippen LogP contribution < -0.4 is 4.90 Å². The van der Waals surface area contributed by atoms with Crippen molar-refractivity contribution in [2.45, 2.75) is 0 Å². The molecule has 1 amide bonds. The second-order valence-corrected chi connectivity index (χ2v) is 7.24. The largest absolute Gasteiger partial charge is 0.352 e. The van der Waals surface area contributed by atoms with Crippen LogP contribution in [-0.2, 0) is 0 Å². The van der Waals surface area contributed by atoms with Crippen molar-refractivity contribution < 1.29 is 4.79 Å². The summed E-state index contributed by atoms with van der Waals surface area (Å²) in [7, 11) is 0. The standard InChI is InChI=1S/C20H17Cl2N5O/c21-16-4-3-14(12-17(16)22)20(28)27-10-8-26(9-11-27)19-6-5-18(24-25-19)15-2-1-7-23-13-15/h1-7,12-13H,8-11H2. The molecule has 0 atom stereocenters. The summed E-state index contributed by atoms with van der Waals surface area (Å²) in [6.07, 6.45) is 3.49. The van der Waals surface area contributed by atoms with Gasteiger partial charge in [-0.1, -0.05) is 23.2 Å². The molecule has 1 aliphatic rings. The van der Waals surface area contributed by atoms with Gasteiger partial charge in [0.25, 0.3) is 5.91 Å². The van der Waals surface area contributed by atoms with E-state index in [0.29, 0.717) is 41.8 Å². The summed E-state index contributed by atoms with van der Waals surface area (Å²) >= 11 is 12.0. The molecule has 1 aliphatic heterocycles. The Hall–Kier alpha value is -2.70. The van der Waals surface area contributed by atoms with E-state index in [1.54, 1.807) is 30.6 Å². The van der Waals surface area contributed by atoms with Gasteiger partial charge in [0.15, 0.2) is 5.82 Å². The van der Waals surface area contributed by atoms with Gasteiger partial charge in [-0.3, -0.25) is 9.78 Å². The number of benzene rings is 1. The Balaban J connectivity index is 1.40. The number of amides is 1. The van der Waals surface area contributed by atoms with Crippen LogP contribution in [0, 0.1) is 0 Å². The van der Waals surface area contributed by atoms with Crippen molar-refractivity contribution in [1.29, 1.82) is 0 Å². The molecule has 8 heteroatoms. The van der Waals surface area contributed by atoms with Gasteiger partial charge in [-0.05, 0) is 42.5 Å². The Morgan fingerprint density at radius 1 is 0.929 bits per heavy atom. The lowest BCUT2D eigenvalue weighted by Crippen LogP contribution is -2.49. The highest BCUT2D eigenvalue weighted by molar-refractivity contribution is 6.42. The first-order valence-electron chi connectivity index (χ1n) is 8.85. The minimum absolute atomic E-state index is 0.0452. The van der Waals surface area contributed by atoms with E-state index in [-0.39, 0.29) is 5.91 Å². The summed E-state index contributed by atoms with van der Waals surface area (Å²) in [4.78, 5) is 20.7. The lowest BCUT2D eigenvalue weighted by atomic mass is 10.1. The van der Waals surface area contributed by atoms with Crippen molar-refractivity contribution >= 4 is 34.9 Å². The molecule has 4 rings (SSSR count). The first-order chi connectivity index (χ1) is 13.6. The number of carbonyl (C=O) groups excluding carboxylic acids is 1. The quantitative estimate of drug-likeness (QED) is 0.653. The number of hydrogen-bond acceptors (Lipinski definition) is 5. The molecular formula is C20H17Cl2N5O. The predicted molar refractivity (Wildman–Crippen MR) is 110 cm³/mol. The maximum Gasteiger partial charge on any atom is 0.254 e. The summed E-state index contributed by atoms with van der Waals surface area (Å²) < 4.78 is 0. The highest BCUT2D eigenvalue weighted by Crippen LogP contribution is 2.24. The summed E-state index contributed by atoms with van der Waals surface area (Å²) in [5.41, 5.74) is 2.26. The minimum Gasteiger partial charge on any atom is -0.352 e. The Kier molecular flexibility index (Phi) is 5.41. The van der Waals surface area contributed by atoms with Gasteiger partial charge in [-0.25, -0.2) is 0 Å². The number of aromatic nitrogens is 3. The molecular weight excluding hydrogens is 397 g/mol. The van der Waals surface area contributed by atoms with Crippen LogP contribution in [0.4, 0.5) is 5.82 Å². The van der Waals surface area contributed by atoms with Crippen molar-refractivity contribution in [2.24, 2.45) is 0 Å². The fourth-order valence-electron chi connectivity index (χ4n) is 3.11. The van der Waals surface area contributed by atoms with Gasteiger partial charge in [0.1, 0.15) is 0 Å². The number of anilines is 1. The molecule has 3 heterocycles. The van der Waals surface area contributed by atoms with Crippen molar-refractivity contribution in [3.05, 3.63) is 70.5 Å². The number of pyridine rings is 1. The molecule has 1 saturated heterocycles. The summed E-state index contributed by atoms with van der Waals surface area (Å²) in [5, 5.41) is 9.47. The van der Waals surface area contributed by atoms with E-state index < -0.39 is 0 Å². The highest BCUT2D eigenvalue weighted by atomic mass is 35.5. The van der Waals surface area contributed by atoms with Crippen molar-refractivity contribution in [1.82, 2.24) is 20.1 Å². The van der Waals surface area contributed by atoms with Crippen LogP contribution in [0.25, 0.3) is 11.3 Å². The zero-order valence-corrected chi connectivity index (χ0v) is 16.4. The van der Waals surface area contributed by atoms with E-state index in [9.17, 15) is 4.79 Å². The Morgan fingerprint density at radius 2 is 1.75 bits per heavy atom. The van der Waals surface area contributed by atoms with Crippen LogP contribution >= 0.6 is 23.2 Å². The SMILES string of the molecule is O=C(c1ccc(Cl)c(Cl)c1)N1CCN(c2ccc(-c3cccnc3)nn2)CC1. The summed E-state index contributed by atoms with van der Waals surface area (Å²) in [6.45, 7) is 2.58. The second-order valence-electron chi connectivity index (χ2n) is 6.43. The van der Waals surface area contributed by atoms with E-state index in [1.165, 1.54) is 0 Å². The molecule has 0 unspecified atom stereocenters. The lowest BCUT2D eigenvalue weighted by molar-refractivity contribution is 0.0746. The molecule has 6 nitrogen and oxygen atoms in total. The number of nitrogens with zero attached hydrogens (tertiary/aromatic N) is 5. The smallest absolute Gasteiger partial charge is 0.254 e. The first-order valence-corrected chi connectivity index (χ1v) is 9.61. The van der Waals surface area contributed by atoms with Gasteiger partial charge < -0.3 is 9.80 Å². The van der Waals surface area contributed by atoms with E-state index in [4.69, 9.17) is 23.2 Å². The Labute approximate surface area is 172 Å². The lowest BCUT2D eigenvalue weighted by Gasteiger charge is -2.35. The fourth-order valence-corrected chi connectivity index (χ4v) is 3.41. The van der Waals surface area contributed by atoms with Gasteiger partial charge in [-0.15, -0.1) is 10.2 Å². The van der Waals surface area contributed by atoms with E-state index in [2.05, 4.69) is 20.1 Å². The maximum absolute atomic E-state index is 12.7.